The quantitative estimate of drug-likeness (QED) is 0.667. The van der Waals surface area contributed by atoms with Crippen molar-refractivity contribution in [1.82, 2.24) is 4.90 Å². The van der Waals surface area contributed by atoms with E-state index in [1.165, 1.54) is 6.42 Å². The molecule has 0 amide bonds. The molecule has 1 aliphatic heterocycles. The van der Waals surface area contributed by atoms with Crippen LogP contribution >= 0.6 is 0 Å². The van der Waals surface area contributed by atoms with Gasteiger partial charge in [-0.3, -0.25) is 15.0 Å². The Morgan fingerprint density at radius 1 is 1.42 bits per heavy atom. The van der Waals surface area contributed by atoms with Gasteiger partial charge >= 0.3 is 0 Å². The predicted octanol–water partition coefficient (Wildman–Crippen LogP) is 2.15. The van der Waals surface area contributed by atoms with Crippen molar-refractivity contribution in [3.63, 3.8) is 0 Å². The van der Waals surface area contributed by atoms with Crippen LogP contribution in [0, 0.1) is 16.0 Å². The summed E-state index contributed by atoms with van der Waals surface area (Å²) in [5.74, 6) is 0.738. The van der Waals surface area contributed by atoms with Crippen LogP contribution in [0.1, 0.15) is 25.3 Å². The average molecular weight is 263 g/mol. The van der Waals surface area contributed by atoms with Gasteiger partial charge in [-0.1, -0.05) is 19.1 Å². The standard InChI is InChI=1S/C14H21N3O2/c1-11-6-7-16(14(8-11)9-15)10-12-2-4-13(5-3-12)17(18)19/h2-5,11,14H,6-10,15H2,1H3. The van der Waals surface area contributed by atoms with E-state index in [4.69, 9.17) is 5.73 Å². The summed E-state index contributed by atoms with van der Waals surface area (Å²) in [7, 11) is 0. The molecule has 1 saturated heterocycles. The summed E-state index contributed by atoms with van der Waals surface area (Å²) in [6, 6.07) is 7.24. The molecular formula is C14H21N3O2. The van der Waals surface area contributed by atoms with Crippen molar-refractivity contribution in [3.8, 4) is 0 Å². The van der Waals surface area contributed by atoms with Crippen molar-refractivity contribution >= 4 is 5.69 Å². The lowest BCUT2D eigenvalue weighted by Crippen LogP contribution is -2.45. The Morgan fingerprint density at radius 3 is 2.68 bits per heavy atom. The largest absolute Gasteiger partial charge is 0.329 e. The number of piperidine rings is 1. The Hall–Kier alpha value is -1.46. The van der Waals surface area contributed by atoms with Gasteiger partial charge in [-0.05, 0) is 30.9 Å². The third kappa shape index (κ3) is 3.52. The molecule has 2 atom stereocenters. The molecule has 0 radical (unpaired) electrons. The fraction of sp³-hybridized carbons (Fsp3) is 0.571. The minimum atomic E-state index is -0.366. The van der Waals surface area contributed by atoms with Gasteiger partial charge in [-0.25, -0.2) is 0 Å². The monoisotopic (exact) mass is 263 g/mol. The number of rotatable bonds is 4. The van der Waals surface area contributed by atoms with Crippen LogP contribution in [0.5, 0.6) is 0 Å². The van der Waals surface area contributed by atoms with Crippen LogP contribution in [0.15, 0.2) is 24.3 Å². The molecule has 1 heterocycles. The maximum atomic E-state index is 10.6. The highest BCUT2D eigenvalue weighted by atomic mass is 16.6. The molecule has 5 nitrogen and oxygen atoms in total. The Balaban J connectivity index is 2.01. The van der Waals surface area contributed by atoms with Gasteiger partial charge in [0.05, 0.1) is 4.92 Å². The Bertz CT molecular complexity index is 433. The molecule has 19 heavy (non-hydrogen) atoms. The molecule has 104 valence electrons. The number of nitro groups is 1. The summed E-state index contributed by atoms with van der Waals surface area (Å²) in [6.07, 6.45) is 2.34. The fourth-order valence-electron chi connectivity index (χ4n) is 2.71. The minimum absolute atomic E-state index is 0.145. The Kier molecular flexibility index (Phi) is 4.50. The van der Waals surface area contributed by atoms with Gasteiger partial charge in [0.1, 0.15) is 0 Å². The van der Waals surface area contributed by atoms with Crippen molar-refractivity contribution < 1.29 is 4.92 Å². The maximum absolute atomic E-state index is 10.6. The highest BCUT2D eigenvalue weighted by Gasteiger charge is 2.25. The zero-order valence-corrected chi connectivity index (χ0v) is 11.3. The molecule has 1 aliphatic rings. The second-order valence-electron chi connectivity index (χ2n) is 5.41. The molecule has 0 bridgehead atoms. The number of nitro benzene ring substituents is 1. The number of nitrogens with zero attached hydrogens (tertiary/aromatic N) is 2. The van der Waals surface area contributed by atoms with E-state index in [1.54, 1.807) is 12.1 Å². The van der Waals surface area contributed by atoms with Crippen molar-refractivity contribution in [2.45, 2.75) is 32.4 Å². The van der Waals surface area contributed by atoms with Gasteiger partial charge in [0, 0.05) is 31.3 Å². The van der Waals surface area contributed by atoms with E-state index in [1.807, 2.05) is 12.1 Å². The highest BCUT2D eigenvalue weighted by molar-refractivity contribution is 5.32. The average Bonchev–Trinajstić information content (AvgIpc) is 2.41. The van der Waals surface area contributed by atoms with Crippen LogP contribution in [-0.4, -0.2) is 29.0 Å². The summed E-state index contributed by atoms with van der Waals surface area (Å²) in [4.78, 5) is 12.6. The molecule has 5 heteroatoms. The second kappa shape index (κ2) is 6.12. The summed E-state index contributed by atoms with van der Waals surface area (Å²) in [5.41, 5.74) is 7.10. The van der Waals surface area contributed by atoms with E-state index in [-0.39, 0.29) is 10.6 Å². The first-order chi connectivity index (χ1) is 9.10. The van der Waals surface area contributed by atoms with Crippen LogP contribution in [0.4, 0.5) is 5.69 Å². The molecule has 0 aliphatic carbocycles. The van der Waals surface area contributed by atoms with E-state index in [0.29, 0.717) is 12.6 Å². The van der Waals surface area contributed by atoms with Crippen LogP contribution in [0.2, 0.25) is 0 Å². The van der Waals surface area contributed by atoms with Gasteiger partial charge in [0.25, 0.3) is 5.69 Å². The number of nitrogens with two attached hydrogens (primary N) is 1. The van der Waals surface area contributed by atoms with E-state index in [0.717, 1.165) is 31.0 Å². The van der Waals surface area contributed by atoms with E-state index < -0.39 is 0 Å². The lowest BCUT2D eigenvalue weighted by molar-refractivity contribution is -0.384. The smallest absolute Gasteiger partial charge is 0.269 e. The first-order valence-corrected chi connectivity index (χ1v) is 6.77. The van der Waals surface area contributed by atoms with E-state index in [2.05, 4.69) is 11.8 Å². The van der Waals surface area contributed by atoms with Gasteiger partial charge in [0.2, 0.25) is 0 Å². The Morgan fingerprint density at radius 2 is 2.11 bits per heavy atom. The van der Waals surface area contributed by atoms with Crippen LogP contribution in [0.25, 0.3) is 0 Å². The molecule has 2 unspecified atom stereocenters. The van der Waals surface area contributed by atoms with Gasteiger partial charge in [0.15, 0.2) is 0 Å². The summed E-state index contributed by atoms with van der Waals surface area (Å²) in [5, 5.41) is 10.6. The first-order valence-electron chi connectivity index (χ1n) is 6.77. The van der Waals surface area contributed by atoms with Crippen LogP contribution in [0.3, 0.4) is 0 Å². The maximum Gasteiger partial charge on any atom is 0.269 e. The molecule has 0 saturated carbocycles. The van der Waals surface area contributed by atoms with Crippen LogP contribution in [-0.2, 0) is 6.54 Å². The number of likely N-dealkylation sites (tertiary alicyclic amines) is 1. The number of hydrogen-bond donors (Lipinski definition) is 1. The van der Waals surface area contributed by atoms with Crippen LogP contribution < -0.4 is 5.73 Å². The topological polar surface area (TPSA) is 72.4 Å². The van der Waals surface area contributed by atoms with Crippen molar-refractivity contribution in [2.24, 2.45) is 11.7 Å². The zero-order valence-electron chi connectivity index (χ0n) is 11.3. The SMILES string of the molecule is CC1CCN(Cc2ccc([N+](=O)[O-])cc2)C(CN)C1. The summed E-state index contributed by atoms with van der Waals surface area (Å²) >= 11 is 0. The number of hydrogen-bond acceptors (Lipinski definition) is 4. The number of benzene rings is 1. The molecule has 1 aromatic rings. The fourth-order valence-corrected chi connectivity index (χ4v) is 2.71. The third-order valence-corrected chi connectivity index (χ3v) is 3.90. The summed E-state index contributed by atoms with van der Waals surface area (Å²) in [6.45, 7) is 4.83. The molecule has 1 aromatic carbocycles. The third-order valence-electron chi connectivity index (χ3n) is 3.90. The normalized spacial score (nSPS) is 24.3. The van der Waals surface area contributed by atoms with Gasteiger partial charge in [-0.15, -0.1) is 0 Å². The van der Waals surface area contributed by atoms with Crippen molar-refractivity contribution in [2.75, 3.05) is 13.1 Å². The molecule has 2 N–H and O–H groups in total. The molecule has 2 rings (SSSR count). The van der Waals surface area contributed by atoms with Gasteiger partial charge < -0.3 is 5.73 Å². The predicted molar refractivity (Wildman–Crippen MR) is 74.7 cm³/mol. The van der Waals surface area contributed by atoms with Crippen molar-refractivity contribution in [1.29, 1.82) is 0 Å². The highest BCUT2D eigenvalue weighted by Crippen LogP contribution is 2.24. The zero-order chi connectivity index (χ0) is 13.8. The van der Waals surface area contributed by atoms with E-state index >= 15 is 0 Å². The second-order valence-corrected chi connectivity index (χ2v) is 5.41. The summed E-state index contributed by atoms with van der Waals surface area (Å²) < 4.78 is 0. The molecule has 0 spiro atoms. The lowest BCUT2D eigenvalue weighted by atomic mass is 9.92. The molecular weight excluding hydrogens is 242 g/mol. The Labute approximate surface area is 113 Å². The van der Waals surface area contributed by atoms with E-state index in [9.17, 15) is 10.1 Å². The minimum Gasteiger partial charge on any atom is -0.329 e. The lowest BCUT2D eigenvalue weighted by Gasteiger charge is -2.38. The molecule has 1 fully saturated rings. The first kappa shape index (κ1) is 14.0. The van der Waals surface area contributed by atoms with Gasteiger partial charge in [-0.2, -0.15) is 0 Å². The van der Waals surface area contributed by atoms with Crippen molar-refractivity contribution in [3.05, 3.63) is 39.9 Å². The number of non-ortho nitro benzene ring substituents is 1. The molecule has 0 aromatic heterocycles.